The van der Waals surface area contributed by atoms with Gasteiger partial charge in [0.1, 0.15) is 5.75 Å². The van der Waals surface area contributed by atoms with Crippen molar-refractivity contribution in [3.63, 3.8) is 0 Å². The van der Waals surface area contributed by atoms with E-state index in [2.05, 4.69) is 11.4 Å². The number of rotatable bonds is 4. The Labute approximate surface area is 137 Å². The lowest BCUT2D eigenvalue weighted by molar-refractivity contribution is 0.416. The van der Waals surface area contributed by atoms with E-state index in [1.807, 2.05) is 30.3 Å². The van der Waals surface area contributed by atoms with E-state index in [0.717, 1.165) is 26.7 Å². The highest BCUT2D eigenvalue weighted by Gasteiger charge is 2.10. The van der Waals surface area contributed by atoms with Gasteiger partial charge in [-0.15, -0.1) is 11.3 Å². The lowest BCUT2D eigenvalue weighted by Gasteiger charge is -2.11. The topological polar surface area (TPSA) is 21.3 Å². The number of halogens is 2. The second kappa shape index (κ2) is 6.14. The van der Waals surface area contributed by atoms with Crippen molar-refractivity contribution in [2.45, 2.75) is 6.54 Å². The quantitative estimate of drug-likeness (QED) is 0.646. The van der Waals surface area contributed by atoms with Crippen LogP contribution in [0.15, 0.2) is 42.5 Å². The van der Waals surface area contributed by atoms with Gasteiger partial charge in [-0.25, -0.2) is 0 Å². The number of fused-ring (bicyclic) bond motifs is 1. The van der Waals surface area contributed by atoms with Crippen molar-refractivity contribution in [1.82, 2.24) is 0 Å². The third-order valence-electron chi connectivity index (χ3n) is 3.20. The van der Waals surface area contributed by atoms with Crippen LogP contribution >= 0.6 is 34.5 Å². The average molecular weight is 338 g/mol. The average Bonchev–Trinajstić information content (AvgIpc) is 2.82. The summed E-state index contributed by atoms with van der Waals surface area (Å²) in [4.78, 5) is 1.10. The molecule has 0 atom stereocenters. The standard InChI is InChI=1S/C16H13Cl2NOS/c1-20-13-7-6-10(17)8-12(13)19-9-15-16(18)11-4-2-3-5-14(11)21-15/h2-8,19H,9H2,1H3. The smallest absolute Gasteiger partial charge is 0.142 e. The highest BCUT2D eigenvalue weighted by Crippen LogP contribution is 2.36. The van der Waals surface area contributed by atoms with E-state index >= 15 is 0 Å². The van der Waals surface area contributed by atoms with Gasteiger partial charge in [-0.2, -0.15) is 0 Å². The Bertz CT molecular complexity index is 785. The second-order valence-corrected chi connectivity index (χ2v) is 6.48. The summed E-state index contributed by atoms with van der Waals surface area (Å²) >= 11 is 14.2. The highest BCUT2D eigenvalue weighted by atomic mass is 35.5. The van der Waals surface area contributed by atoms with Crippen LogP contribution < -0.4 is 10.1 Å². The van der Waals surface area contributed by atoms with Crippen molar-refractivity contribution in [3.8, 4) is 5.75 Å². The number of hydrogen-bond acceptors (Lipinski definition) is 3. The van der Waals surface area contributed by atoms with Gasteiger partial charge in [0.25, 0.3) is 0 Å². The van der Waals surface area contributed by atoms with Gasteiger partial charge in [0.2, 0.25) is 0 Å². The zero-order valence-corrected chi connectivity index (χ0v) is 13.6. The molecule has 2 nitrogen and oxygen atoms in total. The largest absolute Gasteiger partial charge is 0.495 e. The fraction of sp³-hybridized carbons (Fsp3) is 0.125. The van der Waals surface area contributed by atoms with Crippen molar-refractivity contribution >= 4 is 50.3 Å². The van der Waals surface area contributed by atoms with Gasteiger partial charge in [0.05, 0.1) is 24.4 Å². The minimum absolute atomic E-state index is 0.634. The summed E-state index contributed by atoms with van der Waals surface area (Å²) in [6.07, 6.45) is 0. The highest BCUT2D eigenvalue weighted by molar-refractivity contribution is 7.19. The molecule has 108 valence electrons. The monoisotopic (exact) mass is 337 g/mol. The summed E-state index contributed by atoms with van der Waals surface area (Å²) in [5.41, 5.74) is 0.860. The zero-order chi connectivity index (χ0) is 14.8. The first kappa shape index (κ1) is 14.5. The molecule has 1 N–H and O–H groups in total. The maximum absolute atomic E-state index is 6.44. The Morgan fingerprint density at radius 2 is 1.95 bits per heavy atom. The molecule has 0 radical (unpaired) electrons. The molecule has 0 saturated heterocycles. The molecular formula is C16H13Cl2NOS. The summed E-state index contributed by atoms with van der Waals surface area (Å²) in [5.74, 6) is 0.761. The molecule has 0 fully saturated rings. The van der Waals surface area contributed by atoms with E-state index in [1.54, 1.807) is 24.5 Å². The molecule has 1 aromatic heterocycles. The Hall–Kier alpha value is -1.42. The van der Waals surface area contributed by atoms with E-state index in [9.17, 15) is 0 Å². The minimum atomic E-state index is 0.634. The number of benzene rings is 2. The van der Waals surface area contributed by atoms with Crippen molar-refractivity contribution in [2.75, 3.05) is 12.4 Å². The molecule has 0 spiro atoms. The van der Waals surface area contributed by atoms with Crippen LogP contribution in [-0.2, 0) is 6.54 Å². The Morgan fingerprint density at radius 3 is 2.71 bits per heavy atom. The molecular weight excluding hydrogens is 325 g/mol. The Balaban J connectivity index is 1.87. The van der Waals surface area contributed by atoms with Crippen LogP contribution in [0.4, 0.5) is 5.69 Å². The predicted molar refractivity (Wildman–Crippen MR) is 92.2 cm³/mol. The van der Waals surface area contributed by atoms with Gasteiger partial charge in [-0.05, 0) is 24.3 Å². The molecule has 3 rings (SSSR count). The lowest BCUT2D eigenvalue weighted by Crippen LogP contribution is -2.00. The molecule has 5 heteroatoms. The van der Waals surface area contributed by atoms with Crippen LogP contribution in [0.25, 0.3) is 10.1 Å². The molecule has 1 heterocycles. The van der Waals surface area contributed by atoms with Crippen LogP contribution in [0, 0.1) is 0 Å². The first-order chi connectivity index (χ1) is 10.2. The molecule has 3 aromatic rings. The first-order valence-electron chi connectivity index (χ1n) is 6.42. The van der Waals surface area contributed by atoms with Crippen molar-refractivity contribution in [3.05, 3.63) is 57.4 Å². The van der Waals surface area contributed by atoms with Crippen molar-refractivity contribution < 1.29 is 4.74 Å². The van der Waals surface area contributed by atoms with Crippen LogP contribution in [0.1, 0.15) is 4.88 Å². The molecule has 2 aromatic carbocycles. The van der Waals surface area contributed by atoms with E-state index in [0.29, 0.717) is 11.6 Å². The molecule has 0 bridgehead atoms. The molecule has 0 aliphatic carbocycles. The third kappa shape index (κ3) is 2.95. The van der Waals surface area contributed by atoms with Crippen molar-refractivity contribution in [2.24, 2.45) is 0 Å². The molecule has 0 aliphatic heterocycles. The molecule has 0 amide bonds. The van der Waals surface area contributed by atoms with Crippen LogP contribution in [0.2, 0.25) is 10.0 Å². The van der Waals surface area contributed by atoms with Crippen molar-refractivity contribution in [1.29, 1.82) is 0 Å². The third-order valence-corrected chi connectivity index (χ3v) is 5.15. The van der Waals surface area contributed by atoms with Crippen LogP contribution in [0.3, 0.4) is 0 Å². The van der Waals surface area contributed by atoms with E-state index in [1.165, 1.54) is 4.70 Å². The van der Waals surface area contributed by atoms with Gasteiger partial charge in [0.15, 0.2) is 0 Å². The summed E-state index contributed by atoms with van der Waals surface area (Å²) < 4.78 is 6.52. The maximum atomic E-state index is 6.44. The Kier molecular flexibility index (Phi) is 4.24. The van der Waals surface area contributed by atoms with E-state index in [-0.39, 0.29) is 0 Å². The zero-order valence-electron chi connectivity index (χ0n) is 11.3. The number of thiophene rings is 1. The number of nitrogens with one attached hydrogen (secondary N) is 1. The van der Waals surface area contributed by atoms with E-state index in [4.69, 9.17) is 27.9 Å². The van der Waals surface area contributed by atoms with Gasteiger partial charge in [-0.3, -0.25) is 0 Å². The summed E-state index contributed by atoms with van der Waals surface area (Å²) in [7, 11) is 1.64. The fourth-order valence-electron chi connectivity index (χ4n) is 2.17. The number of methoxy groups -OCH3 is 1. The van der Waals surface area contributed by atoms with E-state index < -0.39 is 0 Å². The van der Waals surface area contributed by atoms with Gasteiger partial charge in [-0.1, -0.05) is 41.4 Å². The van der Waals surface area contributed by atoms with Gasteiger partial charge >= 0.3 is 0 Å². The first-order valence-corrected chi connectivity index (χ1v) is 7.99. The maximum Gasteiger partial charge on any atom is 0.142 e. The van der Waals surface area contributed by atoms with Gasteiger partial charge in [0, 0.05) is 20.0 Å². The fourth-order valence-corrected chi connectivity index (χ4v) is 3.78. The molecule has 0 saturated carbocycles. The van der Waals surface area contributed by atoms with Crippen LogP contribution in [0.5, 0.6) is 5.75 Å². The molecule has 0 unspecified atom stereocenters. The number of anilines is 1. The predicted octanol–water partition coefficient (Wildman–Crippen LogP) is 5.83. The molecule has 0 aliphatic rings. The number of hydrogen-bond donors (Lipinski definition) is 1. The molecule has 21 heavy (non-hydrogen) atoms. The summed E-state index contributed by atoms with van der Waals surface area (Å²) in [5, 5.41) is 5.91. The normalized spacial score (nSPS) is 10.8. The van der Waals surface area contributed by atoms with Crippen LogP contribution in [-0.4, -0.2) is 7.11 Å². The minimum Gasteiger partial charge on any atom is -0.495 e. The lowest BCUT2D eigenvalue weighted by atomic mass is 10.2. The number of ether oxygens (including phenoxy) is 1. The SMILES string of the molecule is COc1ccc(Cl)cc1NCc1sc2ccccc2c1Cl. The second-order valence-electron chi connectivity index (χ2n) is 4.53. The van der Waals surface area contributed by atoms with Gasteiger partial charge < -0.3 is 10.1 Å². The summed E-state index contributed by atoms with van der Waals surface area (Å²) in [6, 6.07) is 13.6. The summed E-state index contributed by atoms with van der Waals surface area (Å²) in [6.45, 7) is 0.634. The Morgan fingerprint density at radius 1 is 1.14 bits per heavy atom.